The minimum absolute atomic E-state index is 0.139. The molecular formula is C16H16F2N2O. The molecule has 0 aliphatic carbocycles. The van der Waals surface area contributed by atoms with Gasteiger partial charge in [0.25, 0.3) is 0 Å². The van der Waals surface area contributed by atoms with E-state index in [-0.39, 0.29) is 23.6 Å². The first kappa shape index (κ1) is 15.0. The predicted octanol–water partition coefficient (Wildman–Crippen LogP) is 3.43. The zero-order chi connectivity index (χ0) is 15.4. The van der Waals surface area contributed by atoms with Crippen LogP contribution in [0.15, 0.2) is 36.4 Å². The number of carbonyl (C=O) groups excluding carboxylic acids is 1. The molecular weight excluding hydrogens is 274 g/mol. The molecule has 0 unspecified atom stereocenters. The van der Waals surface area contributed by atoms with Gasteiger partial charge in [-0.1, -0.05) is 12.1 Å². The maximum atomic E-state index is 13.6. The molecule has 0 saturated heterocycles. The lowest BCUT2D eigenvalue weighted by Gasteiger charge is -2.08. The molecule has 0 aromatic heterocycles. The Labute approximate surface area is 121 Å². The molecule has 1 amide bonds. The van der Waals surface area contributed by atoms with E-state index in [9.17, 15) is 13.6 Å². The number of halogens is 2. The van der Waals surface area contributed by atoms with Crippen molar-refractivity contribution in [2.24, 2.45) is 0 Å². The lowest BCUT2D eigenvalue weighted by atomic mass is 10.1. The zero-order valence-corrected chi connectivity index (χ0v) is 11.6. The summed E-state index contributed by atoms with van der Waals surface area (Å²) < 4.78 is 27.0. The Kier molecular flexibility index (Phi) is 4.52. The van der Waals surface area contributed by atoms with Crippen LogP contribution in [-0.4, -0.2) is 5.91 Å². The molecule has 0 spiro atoms. The fraction of sp³-hybridized carbons (Fsp3) is 0.188. The lowest BCUT2D eigenvalue weighted by Crippen LogP contribution is -2.14. The zero-order valence-electron chi connectivity index (χ0n) is 11.6. The van der Waals surface area contributed by atoms with Gasteiger partial charge in [0.1, 0.15) is 11.6 Å². The number of amides is 1. The van der Waals surface area contributed by atoms with Crippen molar-refractivity contribution in [3.05, 3.63) is 59.2 Å². The molecule has 0 fully saturated rings. The minimum Gasteiger partial charge on any atom is -0.399 e. The van der Waals surface area contributed by atoms with E-state index in [4.69, 9.17) is 5.73 Å². The number of nitrogens with two attached hydrogens (primary N) is 1. The van der Waals surface area contributed by atoms with E-state index < -0.39 is 11.6 Å². The van der Waals surface area contributed by atoms with Crippen molar-refractivity contribution < 1.29 is 13.6 Å². The molecule has 3 N–H and O–H groups in total. The van der Waals surface area contributed by atoms with E-state index in [1.165, 1.54) is 6.92 Å². The number of anilines is 2. The van der Waals surface area contributed by atoms with Crippen molar-refractivity contribution in [1.29, 1.82) is 0 Å². The first-order valence-corrected chi connectivity index (χ1v) is 6.55. The van der Waals surface area contributed by atoms with E-state index in [1.807, 2.05) is 12.1 Å². The van der Waals surface area contributed by atoms with Gasteiger partial charge < -0.3 is 11.1 Å². The number of benzene rings is 2. The van der Waals surface area contributed by atoms with Crippen molar-refractivity contribution in [3.8, 4) is 0 Å². The van der Waals surface area contributed by atoms with Gasteiger partial charge in [-0.15, -0.1) is 0 Å². The van der Waals surface area contributed by atoms with Crippen molar-refractivity contribution in [2.75, 3.05) is 11.1 Å². The second-order valence-corrected chi connectivity index (χ2v) is 4.87. The maximum absolute atomic E-state index is 13.6. The fourth-order valence-corrected chi connectivity index (χ4v) is 1.90. The summed E-state index contributed by atoms with van der Waals surface area (Å²) in [6.07, 6.45) is 0.681. The van der Waals surface area contributed by atoms with E-state index in [0.29, 0.717) is 12.1 Å². The highest BCUT2D eigenvalue weighted by atomic mass is 19.1. The Hall–Kier alpha value is -2.43. The van der Waals surface area contributed by atoms with Gasteiger partial charge in [0.2, 0.25) is 5.91 Å². The molecule has 21 heavy (non-hydrogen) atoms. The van der Waals surface area contributed by atoms with Crippen LogP contribution in [0.3, 0.4) is 0 Å². The summed E-state index contributed by atoms with van der Waals surface area (Å²) >= 11 is 0. The van der Waals surface area contributed by atoms with Crippen LogP contribution in [0.5, 0.6) is 0 Å². The Balaban J connectivity index is 1.96. The van der Waals surface area contributed by atoms with Crippen LogP contribution < -0.4 is 11.1 Å². The molecule has 0 aliphatic rings. The maximum Gasteiger partial charge on any atom is 0.224 e. The van der Waals surface area contributed by atoms with Crippen LogP contribution in [0.1, 0.15) is 17.5 Å². The van der Waals surface area contributed by atoms with Crippen molar-refractivity contribution >= 4 is 17.3 Å². The molecule has 3 nitrogen and oxygen atoms in total. The molecule has 2 rings (SSSR count). The summed E-state index contributed by atoms with van der Waals surface area (Å²) in [5, 5.41) is 2.38. The average molecular weight is 290 g/mol. The highest BCUT2D eigenvalue weighted by Crippen LogP contribution is 2.19. The quantitative estimate of drug-likeness (QED) is 0.848. The number of nitrogens with one attached hydrogen (secondary N) is 1. The molecule has 110 valence electrons. The first-order chi connectivity index (χ1) is 9.95. The van der Waals surface area contributed by atoms with Crippen molar-refractivity contribution in [3.63, 3.8) is 0 Å². The van der Waals surface area contributed by atoms with Gasteiger partial charge in [0.15, 0.2) is 0 Å². The fourth-order valence-electron chi connectivity index (χ4n) is 1.90. The van der Waals surface area contributed by atoms with Gasteiger partial charge in [-0.3, -0.25) is 4.79 Å². The van der Waals surface area contributed by atoms with Crippen molar-refractivity contribution in [1.82, 2.24) is 0 Å². The van der Waals surface area contributed by atoms with E-state index in [2.05, 4.69) is 5.32 Å². The first-order valence-electron chi connectivity index (χ1n) is 6.55. The van der Waals surface area contributed by atoms with Gasteiger partial charge in [-0.25, -0.2) is 8.78 Å². The minimum atomic E-state index is -0.644. The van der Waals surface area contributed by atoms with E-state index in [1.54, 1.807) is 12.1 Å². The largest absolute Gasteiger partial charge is 0.399 e. The van der Waals surface area contributed by atoms with Crippen LogP contribution in [0, 0.1) is 18.6 Å². The highest BCUT2D eigenvalue weighted by molar-refractivity contribution is 5.91. The monoisotopic (exact) mass is 290 g/mol. The van der Waals surface area contributed by atoms with Crippen LogP contribution in [-0.2, 0) is 11.2 Å². The summed E-state index contributed by atoms with van der Waals surface area (Å²) in [4.78, 5) is 11.8. The normalized spacial score (nSPS) is 10.4. The smallest absolute Gasteiger partial charge is 0.224 e. The molecule has 0 heterocycles. The van der Waals surface area contributed by atoms with Crippen molar-refractivity contribution in [2.45, 2.75) is 19.8 Å². The third-order valence-electron chi connectivity index (χ3n) is 3.14. The Morgan fingerprint density at radius 1 is 1.14 bits per heavy atom. The lowest BCUT2D eigenvalue weighted by molar-refractivity contribution is -0.116. The average Bonchev–Trinajstić information content (AvgIpc) is 2.44. The van der Waals surface area contributed by atoms with Gasteiger partial charge >= 0.3 is 0 Å². The van der Waals surface area contributed by atoms with Crippen LogP contribution >= 0.6 is 0 Å². The van der Waals surface area contributed by atoms with Gasteiger partial charge in [-0.05, 0) is 42.7 Å². The Morgan fingerprint density at radius 3 is 2.48 bits per heavy atom. The second-order valence-electron chi connectivity index (χ2n) is 4.87. The number of nitrogen functional groups attached to an aromatic ring is 1. The van der Waals surface area contributed by atoms with Crippen LogP contribution in [0.4, 0.5) is 20.2 Å². The second kappa shape index (κ2) is 6.35. The molecule has 0 aliphatic heterocycles. The summed E-state index contributed by atoms with van der Waals surface area (Å²) in [5.74, 6) is -1.56. The predicted molar refractivity (Wildman–Crippen MR) is 78.9 cm³/mol. The SMILES string of the molecule is Cc1cc(F)c(NC(=O)CCc2ccc(N)cc2)cc1F. The number of hydrogen-bond acceptors (Lipinski definition) is 2. The van der Waals surface area contributed by atoms with Gasteiger partial charge in [-0.2, -0.15) is 0 Å². The summed E-state index contributed by atoms with van der Waals surface area (Å²) in [5.41, 5.74) is 7.24. The Morgan fingerprint density at radius 2 is 1.81 bits per heavy atom. The molecule has 0 atom stereocenters. The summed E-state index contributed by atoms with van der Waals surface area (Å²) in [7, 11) is 0. The number of hydrogen-bond donors (Lipinski definition) is 2. The summed E-state index contributed by atoms with van der Waals surface area (Å²) in [6, 6.07) is 9.21. The van der Waals surface area contributed by atoms with Gasteiger partial charge in [0, 0.05) is 18.2 Å². The molecule has 2 aromatic rings. The van der Waals surface area contributed by atoms with Gasteiger partial charge in [0.05, 0.1) is 5.69 Å². The van der Waals surface area contributed by atoms with E-state index in [0.717, 1.165) is 17.7 Å². The molecule has 2 aromatic carbocycles. The van der Waals surface area contributed by atoms with Crippen LogP contribution in [0.25, 0.3) is 0 Å². The number of aryl methyl sites for hydroxylation is 2. The standard InChI is InChI=1S/C16H16F2N2O/c1-10-8-14(18)15(9-13(10)17)20-16(21)7-4-11-2-5-12(19)6-3-11/h2-3,5-6,8-9H,4,7,19H2,1H3,(H,20,21). The summed E-state index contributed by atoms with van der Waals surface area (Å²) in [6.45, 7) is 1.46. The number of carbonyl (C=O) groups is 1. The third-order valence-corrected chi connectivity index (χ3v) is 3.14. The number of rotatable bonds is 4. The topological polar surface area (TPSA) is 55.1 Å². The molecule has 0 radical (unpaired) electrons. The highest BCUT2D eigenvalue weighted by Gasteiger charge is 2.10. The van der Waals surface area contributed by atoms with Crippen LogP contribution in [0.2, 0.25) is 0 Å². The molecule has 0 saturated carbocycles. The van der Waals surface area contributed by atoms with E-state index >= 15 is 0 Å². The third kappa shape index (κ3) is 4.02. The molecule has 5 heteroatoms. The Bertz CT molecular complexity index is 654. The molecule has 0 bridgehead atoms.